The second kappa shape index (κ2) is 5.44. The van der Waals surface area contributed by atoms with E-state index in [0.29, 0.717) is 12.4 Å². The van der Waals surface area contributed by atoms with Crippen LogP contribution in [0.5, 0.6) is 0 Å². The summed E-state index contributed by atoms with van der Waals surface area (Å²) >= 11 is 0. The fourth-order valence-electron chi connectivity index (χ4n) is 1.05. The Morgan fingerprint density at radius 3 is 3.07 bits per heavy atom. The number of unbranched alkanes of at least 4 members (excludes halogenated alkanes) is 1. The molecule has 0 radical (unpaired) electrons. The van der Waals surface area contributed by atoms with Crippen molar-refractivity contribution in [2.24, 2.45) is 0 Å². The highest BCUT2D eigenvalue weighted by Gasteiger charge is 2.12. The minimum absolute atomic E-state index is 0.182. The van der Waals surface area contributed by atoms with Gasteiger partial charge in [-0.05, 0) is 12.5 Å². The van der Waals surface area contributed by atoms with E-state index in [2.05, 4.69) is 6.92 Å². The summed E-state index contributed by atoms with van der Waals surface area (Å²) < 4.78 is 10.3. The number of rotatable bonds is 6. The van der Waals surface area contributed by atoms with E-state index in [4.69, 9.17) is 14.3 Å². The molecule has 1 heterocycles. The maximum Gasteiger partial charge on any atom is 0.339 e. The van der Waals surface area contributed by atoms with E-state index in [-0.39, 0.29) is 12.2 Å². The Labute approximate surface area is 82.5 Å². The fourth-order valence-corrected chi connectivity index (χ4v) is 1.05. The third-order valence-electron chi connectivity index (χ3n) is 1.85. The summed E-state index contributed by atoms with van der Waals surface area (Å²) in [6.07, 6.45) is 3.40. The molecule has 0 aliphatic carbocycles. The zero-order valence-corrected chi connectivity index (χ0v) is 8.16. The first kappa shape index (κ1) is 10.8. The molecule has 0 amide bonds. The van der Waals surface area contributed by atoms with Crippen LogP contribution >= 0.6 is 0 Å². The molecule has 1 rings (SSSR count). The third kappa shape index (κ3) is 2.88. The lowest BCUT2D eigenvalue weighted by Gasteiger charge is -2.01. The molecule has 4 nitrogen and oxygen atoms in total. The molecule has 4 heteroatoms. The average Bonchev–Trinajstić information content (AvgIpc) is 2.60. The highest BCUT2D eigenvalue weighted by atomic mass is 16.5. The average molecular weight is 198 g/mol. The van der Waals surface area contributed by atoms with Crippen molar-refractivity contribution < 1.29 is 19.1 Å². The van der Waals surface area contributed by atoms with E-state index in [1.165, 1.54) is 12.3 Å². The highest BCUT2D eigenvalue weighted by Crippen LogP contribution is 2.11. The molecule has 0 aliphatic heterocycles. The molecular weight excluding hydrogens is 184 g/mol. The maximum atomic E-state index is 10.7. The van der Waals surface area contributed by atoms with Crippen LogP contribution in [0.1, 0.15) is 35.9 Å². The summed E-state index contributed by atoms with van der Waals surface area (Å²) in [4.78, 5) is 10.7. The molecule has 0 aromatic carbocycles. The van der Waals surface area contributed by atoms with Crippen LogP contribution in [0.2, 0.25) is 0 Å². The topological polar surface area (TPSA) is 59.7 Å². The molecule has 78 valence electrons. The van der Waals surface area contributed by atoms with Crippen molar-refractivity contribution >= 4 is 5.97 Å². The maximum absolute atomic E-state index is 10.7. The number of carboxylic acid groups (broad SMARTS) is 1. The van der Waals surface area contributed by atoms with E-state index in [1.54, 1.807) is 0 Å². The summed E-state index contributed by atoms with van der Waals surface area (Å²) in [5.41, 5.74) is 0.182. The number of ether oxygens (including phenoxy) is 1. The van der Waals surface area contributed by atoms with Crippen molar-refractivity contribution in [3.8, 4) is 0 Å². The Balaban J connectivity index is 2.42. The van der Waals surface area contributed by atoms with Crippen LogP contribution in [0.25, 0.3) is 0 Å². The molecule has 1 N–H and O–H groups in total. The van der Waals surface area contributed by atoms with Gasteiger partial charge in [-0.15, -0.1) is 0 Å². The summed E-state index contributed by atoms with van der Waals surface area (Å²) in [5, 5.41) is 8.74. The number of carboxylic acids is 1. The monoisotopic (exact) mass is 198 g/mol. The van der Waals surface area contributed by atoms with Crippen LogP contribution in [0.15, 0.2) is 16.7 Å². The predicted molar refractivity (Wildman–Crippen MR) is 50.2 cm³/mol. The standard InChI is InChI=1S/C10H14O4/c1-2-3-5-13-7-9-8(10(11)12)4-6-14-9/h4,6H,2-3,5,7H2,1H3,(H,11,12). The lowest BCUT2D eigenvalue weighted by atomic mass is 10.2. The molecule has 0 spiro atoms. The van der Waals surface area contributed by atoms with Crippen LogP contribution in [0.4, 0.5) is 0 Å². The number of furan rings is 1. The lowest BCUT2D eigenvalue weighted by Crippen LogP contribution is -2.01. The summed E-state index contributed by atoms with van der Waals surface area (Å²) in [6, 6.07) is 1.43. The van der Waals surface area contributed by atoms with Crippen molar-refractivity contribution in [3.63, 3.8) is 0 Å². The highest BCUT2D eigenvalue weighted by molar-refractivity contribution is 5.88. The predicted octanol–water partition coefficient (Wildman–Crippen LogP) is 2.29. The second-order valence-electron chi connectivity index (χ2n) is 2.97. The largest absolute Gasteiger partial charge is 0.478 e. The molecule has 0 bridgehead atoms. The van der Waals surface area contributed by atoms with Gasteiger partial charge >= 0.3 is 5.97 Å². The molecule has 1 aromatic rings. The molecule has 0 aliphatic rings. The van der Waals surface area contributed by atoms with Gasteiger partial charge in [0.15, 0.2) is 0 Å². The lowest BCUT2D eigenvalue weighted by molar-refractivity contribution is 0.0678. The first-order valence-corrected chi connectivity index (χ1v) is 4.63. The Kier molecular flexibility index (Phi) is 4.19. The van der Waals surface area contributed by atoms with Gasteiger partial charge in [0.2, 0.25) is 0 Å². The molecule has 1 aromatic heterocycles. The first-order chi connectivity index (χ1) is 6.75. The third-order valence-corrected chi connectivity index (χ3v) is 1.85. The van der Waals surface area contributed by atoms with Gasteiger partial charge in [0, 0.05) is 6.61 Å². The second-order valence-corrected chi connectivity index (χ2v) is 2.97. The summed E-state index contributed by atoms with van der Waals surface area (Å²) in [6.45, 7) is 2.93. The van der Waals surface area contributed by atoms with Crippen molar-refractivity contribution in [1.82, 2.24) is 0 Å². The Hall–Kier alpha value is -1.29. The van der Waals surface area contributed by atoms with Gasteiger partial charge < -0.3 is 14.3 Å². The van der Waals surface area contributed by atoms with Gasteiger partial charge in [-0.3, -0.25) is 0 Å². The SMILES string of the molecule is CCCCOCc1occc1C(=O)O. The van der Waals surface area contributed by atoms with Gasteiger partial charge in [0.05, 0.1) is 6.26 Å². The van der Waals surface area contributed by atoms with Crippen molar-refractivity contribution in [2.45, 2.75) is 26.4 Å². The summed E-state index contributed by atoms with van der Waals surface area (Å²) in [5.74, 6) is -0.596. The zero-order chi connectivity index (χ0) is 10.4. The van der Waals surface area contributed by atoms with Gasteiger partial charge in [-0.25, -0.2) is 4.79 Å². The normalized spacial score (nSPS) is 10.4. The van der Waals surface area contributed by atoms with Gasteiger partial charge in [-0.2, -0.15) is 0 Å². The molecular formula is C10H14O4. The number of hydrogen-bond acceptors (Lipinski definition) is 3. The van der Waals surface area contributed by atoms with Crippen molar-refractivity contribution in [1.29, 1.82) is 0 Å². The van der Waals surface area contributed by atoms with Crippen LogP contribution < -0.4 is 0 Å². The van der Waals surface area contributed by atoms with E-state index in [0.717, 1.165) is 12.8 Å². The van der Waals surface area contributed by atoms with Gasteiger partial charge in [0.25, 0.3) is 0 Å². The van der Waals surface area contributed by atoms with Crippen molar-refractivity contribution in [2.75, 3.05) is 6.61 Å². The van der Waals surface area contributed by atoms with E-state index in [1.807, 2.05) is 0 Å². The van der Waals surface area contributed by atoms with Gasteiger partial charge in [0.1, 0.15) is 17.9 Å². The molecule has 14 heavy (non-hydrogen) atoms. The Morgan fingerprint density at radius 1 is 1.64 bits per heavy atom. The van der Waals surface area contributed by atoms with E-state index in [9.17, 15) is 4.79 Å². The number of hydrogen-bond donors (Lipinski definition) is 1. The zero-order valence-electron chi connectivity index (χ0n) is 8.16. The molecule has 0 atom stereocenters. The number of aromatic carboxylic acids is 1. The van der Waals surface area contributed by atoms with Crippen LogP contribution in [0.3, 0.4) is 0 Å². The summed E-state index contributed by atoms with van der Waals surface area (Å²) in [7, 11) is 0. The molecule has 0 fully saturated rings. The van der Waals surface area contributed by atoms with Gasteiger partial charge in [-0.1, -0.05) is 13.3 Å². The smallest absolute Gasteiger partial charge is 0.339 e. The van der Waals surface area contributed by atoms with Crippen LogP contribution in [-0.2, 0) is 11.3 Å². The quantitative estimate of drug-likeness (QED) is 0.712. The van der Waals surface area contributed by atoms with E-state index < -0.39 is 5.97 Å². The Morgan fingerprint density at radius 2 is 2.43 bits per heavy atom. The van der Waals surface area contributed by atoms with Crippen LogP contribution in [-0.4, -0.2) is 17.7 Å². The molecule has 0 saturated heterocycles. The Bertz CT molecular complexity index is 290. The number of carbonyl (C=O) groups is 1. The van der Waals surface area contributed by atoms with E-state index >= 15 is 0 Å². The fraction of sp³-hybridized carbons (Fsp3) is 0.500. The minimum atomic E-state index is -0.979. The first-order valence-electron chi connectivity index (χ1n) is 4.63. The minimum Gasteiger partial charge on any atom is -0.478 e. The van der Waals surface area contributed by atoms with Crippen LogP contribution in [0, 0.1) is 0 Å². The molecule has 0 saturated carbocycles. The van der Waals surface area contributed by atoms with Crippen molar-refractivity contribution in [3.05, 3.63) is 23.7 Å². The molecule has 0 unspecified atom stereocenters.